The summed E-state index contributed by atoms with van der Waals surface area (Å²) in [5.41, 5.74) is 2.13. The highest BCUT2D eigenvalue weighted by molar-refractivity contribution is 5.84. The second-order valence-electron chi connectivity index (χ2n) is 4.79. The minimum atomic E-state index is -0.158. The van der Waals surface area contributed by atoms with Crippen molar-refractivity contribution in [3.63, 3.8) is 0 Å². The Kier molecular flexibility index (Phi) is 4.22. The summed E-state index contributed by atoms with van der Waals surface area (Å²) in [6, 6.07) is 9.93. The molecular weight excluding hydrogens is 240 g/mol. The lowest BCUT2D eigenvalue weighted by atomic mass is 10.2. The molecule has 1 heterocycles. The van der Waals surface area contributed by atoms with Crippen molar-refractivity contribution in [3.8, 4) is 0 Å². The SMILES string of the molecule is CCC(CO)NC(=O)Cn1c(C)cc2ccccc21. The van der Waals surface area contributed by atoms with Gasteiger partial charge in [0.15, 0.2) is 0 Å². The standard InChI is InChI=1S/C15H20N2O2/c1-3-13(10-18)16-15(19)9-17-11(2)8-12-6-4-5-7-14(12)17/h4-8,13,18H,3,9-10H2,1-2H3,(H,16,19). The lowest BCUT2D eigenvalue weighted by Gasteiger charge is -2.15. The van der Waals surface area contributed by atoms with Gasteiger partial charge in [0.05, 0.1) is 12.6 Å². The Labute approximate surface area is 113 Å². The number of carbonyl (C=O) groups is 1. The van der Waals surface area contributed by atoms with Crippen LogP contribution in [0.3, 0.4) is 0 Å². The summed E-state index contributed by atoms with van der Waals surface area (Å²) in [5.74, 6) is -0.0645. The Balaban J connectivity index is 2.17. The predicted molar refractivity (Wildman–Crippen MR) is 76.0 cm³/mol. The number of rotatable bonds is 5. The summed E-state index contributed by atoms with van der Waals surface area (Å²) in [6.07, 6.45) is 0.730. The molecule has 1 amide bonds. The van der Waals surface area contributed by atoms with Crippen LogP contribution in [0.1, 0.15) is 19.0 Å². The average molecular weight is 260 g/mol. The summed E-state index contributed by atoms with van der Waals surface area (Å²) >= 11 is 0. The number of para-hydroxylation sites is 1. The van der Waals surface area contributed by atoms with E-state index >= 15 is 0 Å². The van der Waals surface area contributed by atoms with Crippen LogP contribution in [0.15, 0.2) is 30.3 Å². The number of hydrogen-bond acceptors (Lipinski definition) is 2. The van der Waals surface area contributed by atoms with Gasteiger partial charge in [0, 0.05) is 11.2 Å². The molecule has 0 radical (unpaired) electrons. The fourth-order valence-electron chi connectivity index (χ4n) is 2.25. The van der Waals surface area contributed by atoms with Crippen LogP contribution in [0.2, 0.25) is 0 Å². The molecule has 0 aliphatic carbocycles. The number of aliphatic hydroxyl groups excluding tert-OH is 1. The van der Waals surface area contributed by atoms with Gasteiger partial charge in [-0.1, -0.05) is 25.1 Å². The number of hydrogen-bond donors (Lipinski definition) is 2. The number of fused-ring (bicyclic) bond motifs is 1. The number of benzene rings is 1. The molecule has 0 spiro atoms. The van der Waals surface area contributed by atoms with Crippen molar-refractivity contribution in [1.29, 1.82) is 0 Å². The Morgan fingerprint density at radius 1 is 1.42 bits per heavy atom. The maximum Gasteiger partial charge on any atom is 0.240 e. The number of nitrogens with zero attached hydrogens (tertiary/aromatic N) is 1. The molecule has 0 saturated carbocycles. The highest BCUT2D eigenvalue weighted by Crippen LogP contribution is 2.18. The van der Waals surface area contributed by atoms with E-state index in [0.29, 0.717) is 0 Å². The zero-order valence-corrected chi connectivity index (χ0v) is 11.4. The van der Waals surface area contributed by atoms with Crippen LogP contribution >= 0.6 is 0 Å². The largest absolute Gasteiger partial charge is 0.394 e. The first-order valence-corrected chi connectivity index (χ1v) is 6.60. The maximum absolute atomic E-state index is 12.0. The Bertz CT molecular complexity index is 571. The minimum Gasteiger partial charge on any atom is -0.394 e. The predicted octanol–water partition coefficient (Wildman–Crippen LogP) is 1.84. The quantitative estimate of drug-likeness (QED) is 0.862. The van der Waals surface area contributed by atoms with Gasteiger partial charge >= 0.3 is 0 Å². The first-order valence-electron chi connectivity index (χ1n) is 6.60. The van der Waals surface area contributed by atoms with E-state index in [4.69, 9.17) is 5.11 Å². The molecule has 19 heavy (non-hydrogen) atoms. The van der Waals surface area contributed by atoms with Crippen molar-refractivity contribution >= 4 is 16.8 Å². The number of aromatic nitrogens is 1. The first kappa shape index (κ1) is 13.6. The molecule has 0 aliphatic rings. The third-order valence-electron chi connectivity index (χ3n) is 3.40. The lowest BCUT2D eigenvalue weighted by molar-refractivity contribution is -0.122. The topological polar surface area (TPSA) is 54.3 Å². The molecule has 4 nitrogen and oxygen atoms in total. The normalized spacial score (nSPS) is 12.6. The van der Waals surface area contributed by atoms with E-state index in [1.165, 1.54) is 0 Å². The van der Waals surface area contributed by atoms with Crippen LogP contribution in [-0.4, -0.2) is 28.2 Å². The number of nitrogens with one attached hydrogen (secondary N) is 1. The van der Waals surface area contributed by atoms with Crippen molar-refractivity contribution in [3.05, 3.63) is 36.0 Å². The van der Waals surface area contributed by atoms with Crippen molar-refractivity contribution < 1.29 is 9.90 Å². The van der Waals surface area contributed by atoms with Gasteiger partial charge in [-0.05, 0) is 30.9 Å². The van der Waals surface area contributed by atoms with Crippen LogP contribution in [-0.2, 0) is 11.3 Å². The van der Waals surface area contributed by atoms with Crippen molar-refractivity contribution in [2.45, 2.75) is 32.9 Å². The fraction of sp³-hybridized carbons (Fsp3) is 0.400. The molecule has 1 unspecified atom stereocenters. The lowest BCUT2D eigenvalue weighted by Crippen LogP contribution is -2.38. The molecule has 1 aromatic heterocycles. The zero-order chi connectivity index (χ0) is 13.8. The second kappa shape index (κ2) is 5.89. The molecule has 102 valence electrons. The van der Waals surface area contributed by atoms with Crippen LogP contribution in [0.4, 0.5) is 0 Å². The maximum atomic E-state index is 12.0. The summed E-state index contributed by atoms with van der Waals surface area (Å²) < 4.78 is 1.99. The van der Waals surface area contributed by atoms with Crippen LogP contribution in [0.5, 0.6) is 0 Å². The van der Waals surface area contributed by atoms with E-state index in [9.17, 15) is 4.79 Å². The van der Waals surface area contributed by atoms with Gasteiger partial charge in [0.2, 0.25) is 5.91 Å². The average Bonchev–Trinajstić information content (AvgIpc) is 2.72. The Hall–Kier alpha value is -1.81. The molecule has 1 atom stereocenters. The van der Waals surface area contributed by atoms with Crippen LogP contribution in [0, 0.1) is 6.92 Å². The monoisotopic (exact) mass is 260 g/mol. The summed E-state index contributed by atoms with van der Waals surface area (Å²) in [5, 5.41) is 13.1. The van der Waals surface area contributed by atoms with E-state index < -0.39 is 0 Å². The van der Waals surface area contributed by atoms with Gasteiger partial charge in [-0.3, -0.25) is 4.79 Å². The first-order chi connectivity index (χ1) is 9.15. The number of aryl methyl sites for hydroxylation is 1. The van der Waals surface area contributed by atoms with E-state index in [2.05, 4.69) is 11.4 Å². The van der Waals surface area contributed by atoms with E-state index in [1.807, 2.05) is 42.7 Å². The minimum absolute atomic E-state index is 0.0202. The number of aliphatic hydroxyl groups is 1. The van der Waals surface area contributed by atoms with E-state index in [0.717, 1.165) is 23.0 Å². The molecule has 2 rings (SSSR count). The molecule has 0 saturated heterocycles. The molecular formula is C15H20N2O2. The molecule has 0 bridgehead atoms. The molecule has 2 aromatic rings. The summed E-state index contributed by atoms with van der Waals surface area (Å²) in [7, 11) is 0. The molecule has 0 fully saturated rings. The molecule has 2 N–H and O–H groups in total. The van der Waals surface area contributed by atoms with Gasteiger partial charge in [-0.15, -0.1) is 0 Å². The molecule has 1 aromatic carbocycles. The Morgan fingerprint density at radius 2 is 2.16 bits per heavy atom. The highest BCUT2D eigenvalue weighted by Gasteiger charge is 2.12. The van der Waals surface area contributed by atoms with E-state index in [1.54, 1.807) is 0 Å². The molecule has 0 aliphatic heterocycles. The zero-order valence-electron chi connectivity index (χ0n) is 11.4. The smallest absolute Gasteiger partial charge is 0.240 e. The van der Waals surface area contributed by atoms with E-state index in [-0.39, 0.29) is 25.1 Å². The van der Waals surface area contributed by atoms with Crippen LogP contribution < -0.4 is 5.32 Å². The van der Waals surface area contributed by atoms with Crippen molar-refractivity contribution in [1.82, 2.24) is 9.88 Å². The number of amides is 1. The third-order valence-corrected chi connectivity index (χ3v) is 3.40. The van der Waals surface area contributed by atoms with Gasteiger partial charge < -0.3 is 15.0 Å². The highest BCUT2D eigenvalue weighted by atomic mass is 16.3. The van der Waals surface area contributed by atoms with Crippen molar-refractivity contribution in [2.75, 3.05) is 6.61 Å². The summed E-state index contributed by atoms with van der Waals surface area (Å²) in [6.45, 7) is 4.21. The van der Waals surface area contributed by atoms with Gasteiger partial charge in [0.1, 0.15) is 6.54 Å². The number of carbonyl (C=O) groups excluding carboxylic acids is 1. The second-order valence-corrected chi connectivity index (χ2v) is 4.79. The van der Waals surface area contributed by atoms with Gasteiger partial charge in [-0.2, -0.15) is 0 Å². The third kappa shape index (κ3) is 2.96. The van der Waals surface area contributed by atoms with Crippen molar-refractivity contribution in [2.24, 2.45) is 0 Å². The Morgan fingerprint density at radius 3 is 2.84 bits per heavy atom. The summed E-state index contributed by atoms with van der Waals surface area (Å²) in [4.78, 5) is 12.0. The van der Waals surface area contributed by atoms with Gasteiger partial charge in [0.25, 0.3) is 0 Å². The fourth-order valence-corrected chi connectivity index (χ4v) is 2.25. The van der Waals surface area contributed by atoms with Crippen LogP contribution in [0.25, 0.3) is 10.9 Å². The van der Waals surface area contributed by atoms with Gasteiger partial charge in [-0.25, -0.2) is 0 Å². The molecule has 4 heteroatoms.